The highest BCUT2D eigenvalue weighted by Gasteiger charge is 2.53. The molecule has 2 aliphatic rings. The van der Waals surface area contributed by atoms with Crippen LogP contribution in [0.15, 0.2) is 72.4 Å². The summed E-state index contributed by atoms with van der Waals surface area (Å²) in [5.74, 6) is 1.98. The molecule has 0 saturated heterocycles. The Labute approximate surface area is 163 Å². The van der Waals surface area contributed by atoms with E-state index in [1.165, 1.54) is 0 Å². The highest BCUT2D eigenvalue weighted by atomic mass is 16.6. The summed E-state index contributed by atoms with van der Waals surface area (Å²) >= 11 is 0. The standard InChI is InChI=1S/C23H20O5/c1-5-7-16-17(6-2)23(28-22(16)24)18-10-8-14(25-3)12-20(18)27-21-13-15(26-4)9-11-19(21)23/h5-13H,2H2,1,3-4H3/b7-5-. The molecule has 0 N–H and O–H groups in total. The molecule has 0 bridgehead atoms. The highest BCUT2D eigenvalue weighted by molar-refractivity contribution is 5.98. The summed E-state index contributed by atoms with van der Waals surface area (Å²) in [6, 6.07) is 10.9. The molecule has 2 aliphatic heterocycles. The summed E-state index contributed by atoms with van der Waals surface area (Å²) < 4.78 is 22.9. The number of hydrogen-bond acceptors (Lipinski definition) is 5. The van der Waals surface area contributed by atoms with E-state index >= 15 is 0 Å². The molecule has 5 nitrogen and oxygen atoms in total. The van der Waals surface area contributed by atoms with Gasteiger partial charge in [0, 0.05) is 28.8 Å². The molecule has 0 fully saturated rings. The number of allylic oxidation sites excluding steroid dienone is 1. The van der Waals surface area contributed by atoms with Crippen LogP contribution in [0.5, 0.6) is 23.0 Å². The van der Waals surface area contributed by atoms with Crippen LogP contribution in [0, 0.1) is 0 Å². The first kappa shape index (κ1) is 17.9. The summed E-state index contributed by atoms with van der Waals surface area (Å²) in [5, 5.41) is 0. The fourth-order valence-corrected chi connectivity index (χ4v) is 3.80. The maximum absolute atomic E-state index is 12.8. The lowest BCUT2D eigenvalue weighted by Gasteiger charge is -2.37. The molecule has 2 heterocycles. The minimum absolute atomic E-state index is 0.404. The van der Waals surface area contributed by atoms with Gasteiger partial charge in [0.1, 0.15) is 23.0 Å². The lowest BCUT2D eigenvalue weighted by atomic mass is 9.77. The molecule has 4 rings (SSSR count). The van der Waals surface area contributed by atoms with Crippen molar-refractivity contribution >= 4 is 5.97 Å². The van der Waals surface area contributed by atoms with Crippen molar-refractivity contribution in [1.29, 1.82) is 0 Å². The maximum Gasteiger partial charge on any atom is 0.340 e. The first-order valence-corrected chi connectivity index (χ1v) is 8.87. The van der Waals surface area contributed by atoms with Crippen LogP contribution in [0.25, 0.3) is 0 Å². The van der Waals surface area contributed by atoms with Gasteiger partial charge in [-0.2, -0.15) is 0 Å². The van der Waals surface area contributed by atoms with Crippen molar-refractivity contribution in [3.63, 3.8) is 0 Å². The number of carbonyl (C=O) groups is 1. The van der Waals surface area contributed by atoms with Crippen molar-refractivity contribution in [3.05, 3.63) is 83.5 Å². The topological polar surface area (TPSA) is 54.0 Å². The molecule has 28 heavy (non-hydrogen) atoms. The fraction of sp³-hybridized carbons (Fsp3) is 0.174. The van der Waals surface area contributed by atoms with Crippen LogP contribution in [0.1, 0.15) is 18.1 Å². The third kappa shape index (κ3) is 2.36. The Balaban J connectivity index is 2.08. The van der Waals surface area contributed by atoms with E-state index in [0.29, 0.717) is 45.3 Å². The monoisotopic (exact) mass is 376 g/mol. The third-order valence-electron chi connectivity index (χ3n) is 5.03. The van der Waals surface area contributed by atoms with Gasteiger partial charge in [-0.1, -0.05) is 24.8 Å². The number of methoxy groups -OCH3 is 2. The molecule has 5 heteroatoms. The third-order valence-corrected chi connectivity index (χ3v) is 5.03. The molecule has 2 aromatic carbocycles. The maximum atomic E-state index is 12.8. The molecule has 0 saturated carbocycles. The van der Waals surface area contributed by atoms with Crippen molar-refractivity contribution in [2.24, 2.45) is 0 Å². The Morgan fingerprint density at radius 3 is 2.04 bits per heavy atom. The summed E-state index contributed by atoms with van der Waals surface area (Å²) in [4.78, 5) is 12.8. The van der Waals surface area contributed by atoms with E-state index in [4.69, 9.17) is 18.9 Å². The molecule has 0 radical (unpaired) electrons. The molecule has 0 atom stereocenters. The second-order valence-corrected chi connectivity index (χ2v) is 6.43. The van der Waals surface area contributed by atoms with Crippen molar-refractivity contribution in [1.82, 2.24) is 0 Å². The van der Waals surface area contributed by atoms with Gasteiger partial charge in [-0.15, -0.1) is 0 Å². The van der Waals surface area contributed by atoms with Crippen LogP contribution in [0.4, 0.5) is 0 Å². The van der Waals surface area contributed by atoms with Gasteiger partial charge in [-0.25, -0.2) is 4.79 Å². The van der Waals surface area contributed by atoms with Gasteiger partial charge in [0.25, 0.3) is 0 Å². The van der Waals surface area contributed by atoms with E-state index in [1.807, 2.05) is 37.3 Å². The minimum atomic E-state index is -1.14. The second kappa shape index (κ2) is 6.60. The second-order valence-electron chi connectivity index (χ2n) is 6.43. The van der Waals surface area contributed by atoms with Crippen LogP contribution >= 0.6 is 0 Å². The predicted octanol–water partition coefficient (Wildman–Crippen LogP) is 4.67. The Morgan fingerprint density at radius 2 is 1.57 bits per heavy atom. The van der Waals surface area contributed by atoms with E-state index in [2.05, 4.69) is 6.58 Å². The Morgan fingerprint density at radius 1 is 1.00 bits per heavy atom. The number of ether oxygens (including phenoxy) is 4. The lowest BCUT2D eigenvalue weighted by Crippen LogP contribution is -2.33. The average Bonchev–Trinajstić information content (AvgIpc) is 2.99. The van der Waals surface area contributed by atoms with Gasteiger partial charge >= 0.3 is 5.97 Å². The Hall–Kier alpha value is -3.47. The van der Waals surface area contributed by atoms with Crippen LogP contribution in [0.2, 0.25) is 0 Å². The Kier molecular flexibility index (Phi) is 4.23. The zero-order valence-electron chi connectivity index (χ0n) is 15.9. The fourth-order valence-electron chi connectivity index (χ4n) is 3.80. The molecular formula is C23H20O5. The van der Waals surface area contributed by atoms with Crippen LogP contribution in [0.3, 0.4) is 0 Å². The number of rotatable bonds is 4. The van der Waals surface area contributed by atoms with Crippen molar-refractivity contribution in [2.75, 3.05) is 14.2 Å². The summed E-state index contributed by atoms with van der Waals surface area (Å²) in [6.45, 7) is 5.81. The number of esters is 1. The highest BCUT2D eigenvalue weighted by Crippen LogP contribution is 2.57. The van der Waals surface area contributed by atoms with Crippen LogP contribution < -0.4 is 14.2 Å². The average molecular weight is 376 g/mol. The molecule has 0 unspecified atom stereocenters. The van der Waals surface area contributed by atoms with E-state index in [1.54, 1.807) is 38.5 Å². The zero-order chi connectivity index (χ0) is 19.9. The summed E-state index contributed by atoms with van der Waals surface area (Å²) in [6.07, 6.45) is 5.23. The smallest absolute Gasteiger partial charge is 0.340 e. The van der Waals surface area contributed by atoms with Crippen molar-refractivity contribution < 1.29 is 23.7 Å². The van der Waals surface area contributed by atoms with E-state index < -0.39 is 11.6 Å². The molecule has 1 spiro atoms. The number of hydrogen-bond donors (Lipinski definition) is 0. The molecular weight excluding hydrogens is 356 g/mol. The molecule has 2 aromatic rings. The quantitative estimate of drug-likeness (QED) is 0.726. The number of fused-ring (bicyclic) bond motifs is 4. The van der Waals surface area contributed by atoms with Gasteiger partial charge in [0.2, 0.25) is 0 Å². The van der Waals surface area contributed by atoms with Gasteiger partial charge in [-0.05, 0) is 31.2 Å². The molecule has 0 amide bonds. The van der Waals surface area contributed by atoms with E-state index in [-0.39, 0.29) is 0 Å². The van der Waals surface area contributed by atoms with Gasteiger partial charge in [0.15, 0.2) is 5.60 Å². The summed E-state index contributed by atoms with van der Waals surface area (Å²) in [7, 11) is 3.18. The van der Waals surface area contributed by atoms with Gasteiger partial charge < -0.3 is 18.9 Å². The van der Waals surface area contributed by atoms with Crippen molar-refractivity contribution in [2.45, 2.75) is 12.5 Å². The first-order chi connectivity index (χ1) is 13.6. The molecule has 0 aliphatic carbocycles. The molecule has 142 valence electrons. The SMILES string of the molecule is C=CC1=C(/C=C\C)C(=O)OC12c1ccc(OC)cc1Oc1cc(OC)ccc12. The normalized spacial score (nSPS) is 16.5. The number of carbonyl (C=O) groups excluding carboxylic acids is 1. The van der Waals surface area contributed by atoms with E-state index in [9.17, 15) is 4.79 Å². The van der Waals surface area contributed by atoms with E-state index in [0.717, 1.165) is 0 Å². The minimum Gasteiger partial charge on any atom is -0.497 e. The lowest BCUT2D eigenvalue weighted by molar-refractivity contribution is -0.144. The number of benzene rings is 2. The molecule has 0 aromatic heterocycles. The van der Waals surface area contributed by atoms with Gasteiger partial charge in [0.05, 0.1) is 19.8 Å². The first-order valence-electron chi connectivity index (χ1n) is 8.87. The van der Waals surface area contributed by atoms with Crippen LogP contribution in [-0.2, 0) is 15.1 Å². The van der Waals surface area contributed by atoms with Crippen LogP contribution in [-0.4, -0.2) is 20.2 Å². The zero-order valence-corrected chi connectivity index (χ0v) is 15.9. The Bertz CT molecular complexity index is 991. The largest absolute Gasteiger partial charge is 0.497 e. The predicted molar refractivity (Wildman–Crippen MR) is 105 cm³/mol. The summed E-state index contributed by atoms with van der Waals surface area (Å²) in [5.41, 5.74) is 1.44. The van der Waals surface area contributed by atoms with Gasteiger partial charge in [-0.3, -0.25) is 0 Å². The van der Waals surface area contributed by atoms with Crippen molar-refractivity contribution in [3.8, 4) is 23.0 Å².